The van der Waals surface area contributed by atoms with Gasteiger partial charge < -0.3 is 11.1 Å². The molecule has 0 radical (unpaired) electrons. The molecule has 0 aromatic carbocycles. The molecule has 1 aliphatic carbocycles. The molecule has 0 aliphatic heterocycles. The van der Waals surface area contributed by atoms with Crippen molar-refractivity contribution in [2.24, 2.45) is 0 Å². The predicted octanol–water partition coefficient (Wildman–Crippen LogP) is 4.07. The van der Waals surface area contributed by atoms with E-state index in [9.17, 15) is 0 Å². The summed E-state index contributed by atoms with van der Waals surface area (Å²) >= 11 is 3.04. The number of aromatic nitrogens is 2. The van der Waals surface area contributed by atoms with E-state index in [1.807, 2.05) is 12.3 Å². The molecule has 0 saturated heterocycles. The van der Waals surface area contributed by atoms with Crippen LogP contribution in [0.15, 0.2) is 17.0 Å². The van der Waals surface area contributed by atoms with E-state index in [2.05, 4.69) is 20.8 Å². The van der Waals surface area contributed by atoms with E-state index in [0.29, 0.717) is 5.82 Å². The molecule has 0 bridgehead atoms. The highest BCUT2D eigenvalue weighted by Gasteiger charge is 2.16. The normalized spacial score (nSPS) is 14.6. The fourth-order valence-corrected chi connectivity index (χ4v) is 4.06. The van der Waals surface area contributed by atoms with Gasteiger partial charge in [-0.25, -0.2) is 4.98 Å². The number of nitrogens with zero attached hydrogens (tertiary/aromatic N) is 2. The largest absolute Gasteiger partial charge is 0.382 e. The van der Waals surface area contributed by atoms with Gasteiger partial charge in [0.25, 0.3) is 0 Å². The summed E-state index contributed by atoms with van der Waals surface area (Å²) in [7, 11) is 0. The molecule has 2 aromatic rings. The first-order valence-corrected chi connectivity index (χ1v) is 8.49. The first-order valence-electron chi connectivity index (χ1n) is 6.83. The average molecular weight is 306 g/mol. The SMILES string of the molecule is Cc1csc(-c2c(N)nsc2NCCC2=CCCC2)n1. The number of hydrogen-bond acceptors (Lipinski definition) is 6. The first-order chi connectivity index (χ1) is 9.74. The smallest absolute Gasteiger partial charge is 0.149 e. The van der Waals surface area contributed by atoms with Crippen LogP contribution in [-0.4, -0.2) is 15.9 Å². The van der Waals surface area contributed by atoms with Gasteiger partial charge >= 0.3 is 0 Å². The summed E-state index contributed by atoms with van der Waals surface area (Å²) in [6, 6.07) is 0. The third kappa shape index (κ3) is 2.86. The standard InChI is InChI=1S/C14H18N4S2/c1-9-8-19-14(17-9)11-12(15)18-20-13(11)16-7-6-10-4-2-3-5-10/h4,8,16H,2-3,5-7H2,1H3,(H2,15,18). The minimum absolute atomic E-state index is 0.576. The van der Waals surface area contributed by atoms with Crippen molar-refractivity contribution >= 4 is 33.7 Å². The Labute approximate surface area is 126 Å². The minimum Gasteiger partial charge on any atom is -0.382 e. The fraction of sp³-hybridized carbons (Fsp3) is 0.429. The highest BCUT2D eigenvalue weighted by atomic mass is 32.1. The zero-order chi connectivity index (χ0) is 13.9. The zero-order valence-corrected chi connectivity index (χ0v) is 13.1. The predicted molar refractivity (Wildman–Crippen MR) is 87.4 cm³/mol. The molecule has 1 aliphatic rings. The summed E-state index contributed by atoms with van der Waals surface area (Å²) in [5, 5.41) is 7.50. The van der Waals surface area contributed by atoms with Crippen molar-refractivity contribution in [1.82, 2.24) is 9.36 Å². The Morgan fingerprint density at radius 2 is 2.35 bits per heavy atom. The molecule has 0 saturated carbocycles. The van der Waals surface area contributed by atoms with Gasteiger partial charge in [0.1, 0.15) is 15.8 Å². The van der Waals surface area contributed by atoms with Gasteiger partial charge in [-0.3, -0.25) is 0 Å². The van der Waals surface area contributed by atoms with E-state index in [1.165, 1.54) is 30.8 Å². The highest BCUT2D eigenvalue weighted by Crippen LogP contribution is 2.38. The Balaban J connectivity index is 1.70. The van der Waals surface area contributed by atoms with E-state index in [1.54, 1.807) is 16.9 Å². The maximum absolute atomic E-state index is 5.99. The molecule has 0 amide bonds. The van der Waals surface area contributed by atoms with Gasteiger partial charge in [0, 0.05) is 17.6 Å². The van der Waals surface area contributed by atoms with Crippen molar-refractivity contribution in [3.63, 3.8) is 0 Å². The van der Waals surface area contributed by atoms with E-state index >= 15 is 0 Å². The lowest BCUT2D eigenvalue weighted by Crippen LogP contribution is -2.02. The third-order valence-electron chi connectivity index (χ3n) is 3.42. The average Bonchev–Trinajstić information content (AvgIpc) is 3.12. The number of thiazole rings is 1. The molecule has 0 spiro atoms. The van der Waals surface area contributed by atoms with Crippen LogP contribution in [0.25, 0.3) is 10.6 Å². The molecule has 2 heterocycles. The molecule has 3 N–H and O–H groups in total. The highest BCUT2D eigenvalue weighted by molar-refractivity contribution is 7.15. The van der Waals surface area contributed by atoms with Crippen molar-refractivity contribution in [2.75, 3.05) is 17.6 Å². The molecule has 0 unspecified atom stereocenters. The van der Waals surface area contributed by atoms with E-state index in [0.717, 1.165) is 34.2 Å². The monoisotopic (exact) mass is 306 g/mol. The Hall–Kier alpha value is -1.40. The second kappa shape index (κ2) is 5.93. The van der Waals surface area contributed by atoms with Crippen molar-refractivity contribution in [1.29, 1.82) is 0 Å². The lowest BCUT2D eigenvalue weighted by Gasteiger charge is -2.06. The number of rotatable bonds is 5. The van der Waals surface area contributed by atoms with Gasteiger partial charge in [0.05, 0.1) is 5.56 Å². The molecule has 4 nitrogen and oxygen atoms in total. The van der Waals surface area contributed by atoms with Crippen molar-refractivity contribution in [2.45, 2.75) is 32.6 Å². The van der Waals surface area contributed by atoms with Gasteiger partial charge in [-0.15, -0.1) is 11.3 Å². The molecule has 106 valence electrons. The summed E-state index contributed by atoms with van der Waals surface area (Å²) in [4.78, 5) is 4.51. The molecule has 0 fully saturated rings. The lowest BCUT2D eigenvalue weighted by molar-refractivity contribution is 0.864. The first kappa shape index (κ1) is 13.6. The van der Waals surface area contributed by atoms with Crippen LogP contribution >= 0.6 is 22.9 Å². The second-order valence-corrected chi connectivity index (χ2v) is 6.63. The maximum atomic E-state index is 5.99. The van der Waals surface area contributed by atoms with Crippen LogP contribution in [0, 0.1) is 6.92 Å². The van der Waals surface area contributed by atoms with Gasteiger partial charge in [-0.05, 0) is 44.1 Å². The third-order valence-corrected chi connectivity index (χ3v) is 5.21. The number of nitrogens with one attached hydrogen (secondary N) is 1. The number of nitrogen functional groups attached to an aromatic ring is 1. The van der Waals surface area contributed by atoms with Gasteiger partial charge in [-0.2, -0.15) is 4.37 Å². The summed E-state index contributed by atoms with van der Waals surface area (Å²) in [6.45, 7) is 2.93. The molecule has 6 heteroatoms. The molecular weight excluding hydrogens is 288 g/mol. The summed E-state index contributed by atoms with van der Waals surface area (Å²) < 4.78 is 4.26. The minimum atomic E-state index is 0.576. The van der Waals surface area contributed by atoms with Crippen LogP contribution in [0.3, 0.4) is 0 Å². The van der Waals surface area contributed by atoms with Crippen molar-refractivity contribution in [3.05, 3.63) is 22.7 Å². The Bertz CT molecular complexity index is 627. The number of nitrogens with two attached hydrogens (primary N) is 1. The van der Waals surface area contributed by atoms with E-state index in [-0.39, 0.29) is 0 Å². The van der Waals surface area contributed by atoms with Gasteiger partial charge in [0.2, 0.25) is 0 Å². The van der Waals surface area contributed by atoms with Gasteiger partial charge in [-0.1, -0.05) is 11.6 Å². The summed E-state index contributed by atoms with van der Waals surface area (Å²) in [5.74, 6) is 0.576. The zero-order valence-electron chi connectivity index (χ0n) is 11.5. The quantitative estimate of drug-likeness (QED) is 0.817. The second-order valence-electron chi connectivity index (χ2n) is 5.00. The number of aryl methyl sites for hydroxylation is 1. The van der Waals surface area contributed by atoms with Crippen LogP contribution in [0.4, 0.5) is 10.8 Å². The van der Waals surface area contributed by atoms with Crippen LogP contribution in [0.5, 0.6) is 0 Å². The fourth-order valence-electron chi connectivity index (χ4n) is 2.40. The number of hydrogen-bond donors (Lipinski definition) is 2. The molecule has 2 aromatic heterocycles. The Morgan fingerprint density at radius 1 is 1.45 bits per heavy atom. The lowest BCUT2D eigenvalue weighted by atomic mass is 10.2. The molecule has 0 atom stereocenters. The summed E-state index contributed by atoms with van der Waals surface area (Å²) in [6.07, 6.45) is 7.28. The van der Waals surface area contributed by atoms with Crippen LogP contribution in [0.2, 0.25) is 0 Å². The topological polar surface area (TPSA) is 63.8 Å². The number of anilines is 2. The van der Waals surface area contributed by atoms with Crippen LogP contribution < -0.4 is 11.1 Å². The summed E-state index contributed by atoms with van der Waals surface area (Å²) in [5.41, 5.74) is 9.55. The molecule has 3 rings (SSSR count). The number of allylic oxidation sites excluding steroid dienone is 1. The van der Waals surface area contributed by atoms with Gasteiger partial charge in [0.15, 0.2) is 0 Å². The maximum Gasteiger partial charge on any atom is 0.149 e. The van der Waals surface area contributed by atoms with Crippen LogP contribution in [-0.2, 0) is 0 Å². The van der Waals surface area contributed by atoms with E-state index < -0.39 is 0 Å². The molecule has 20 heavy (non-hydrogen) atoms. The van der Waals surface area contributed by atoms with Crippen LogP contribution in [0.1, 0.15) is 31.4 Å². The van der Waals surface area contributed by atoms with E-state index in [4.69, 9.17) is 5.73 Å². The van der Waals surface area contributed by atoms with Crippen molar-refractivity contribution < 1.29 is 0 Å². The Kier molecular flexibility index (Phi) is 4.03. The Morgan fingerprint density at radius 3 is 3.05 bits per heavy atom. The van der Waals surface area contributed by atoms with Crippen molar-refractivity contribution in [3.8, 4) is 10.6 Å². The molecular formula is C14H18N4S2.